The Balaban J connectivity index is 2.39. The van der Waals surface area contributed by atoms with Crippen molar-refractivity contribution in [2.24, 2.45) is 0 Å². The predicted molar refractivity (Wildman–Crippen MR) is 63.5 cm³/mol. The predicted octanol–water partition coefficient (Wildman–Crippen LogP) is 3.28. The number of benzene rings is 1. The Labute approximate surface area is 109 Å². The largest absolute Gasteiger partial charge is 0.302 e. The van der Waals surface area contributed by atoms with Gasteiger partial charge in [-0.05, 0) is 6.07 Å². The van der Waals surface area contributed by atoms with E-state index in [1.807, 2.05) is 0 Å². The number of fused-ring (bicyclic) bond motifs is 1. The van der Waals surface area contributed by atoms with Crippen LogP contribution in [0.3, 0.4) is 0 Å². The summed E-state index contributed by atoms with van der Waals surface area (Å²) in [5.41, 5.74) is -0.305. The molecule has 8 heteroatoms. The molecule has 96 valence electrons. The number of halogens is 4. The average molecular weight is 295 g/mol. The molecule has 0 bridgehead atoms. The van der Waals surface area contributed by atoms with Crippen LogP contribution in [-0.4, -0.2) is 16.8 Å². The minimum atomic E-state index is -1.58. The fourth-order valence-corrected chi connectivity index (χ4v) is 2.37. The standard InChI is InChI=1S/C10H6ClF3N2OS/c11-2-1-6(17)15-10-16-9-5(18-10)3-4(12)7(13)8(9)14/h3H,1-2H2,(H,15,16,17). The number of nitrogens with zero attached hydrogens (tertiary/aromatic N) is 1. The molecule has 18 heavy (non-hydrogen) atoms. The van der Waals surface area contributed by atoms with Gasteiger partial charge in [-0.2, -0.15) is 0 Å². The van der Waals surface area contributed by atoms with Gasteiger partial charge in [-0.15, -0.1) is 11.6 Å². The molecule has 0 atom stereocenters. The van der Waals surface area contributed by atoms with Crippen molar-refractivity contribution >= 4 is 44.2 Å². The van der Waals surface area contributed by atoms with Crippen LogP contribution >= 0.6 is 22.9 Å². The Morgan fingerprint density at radius 1 is 1.39 bits per heavy atom. The van der Waals surface area contributed by atoms with Crippen LogP contribution in [0.5, 0.6) is 0 Å². The molecule has 2 rings (SSSR count). The van der Waals surface area contributed by atoms with Gasteiger partial charge in [0.05, 0.1) is 4.70 Å². The molecule has 1 heterocycles. The molecule has 0 saturated heterocycles. The number of anilines is 1. The highest BCUT2D eigenvalue weighted by atomic mass is 35.5. The summed E-state index contributed by atoms with van der Waals surface area (Å²) < 4.78 is 39.4. The number of hydrogen-bond acceptors (Lipinski definition) is 3. The van der Waals surface area contributed by atoms with E-state index in [-0.39, 0.29) is 27.6 Å². The molecule has 1 amide bonds. The monoisotopic (exact) mass is 294 g/mol. The molecule has 2 aromatic rings. The van der Waals surface area contributed by atoms with E-state index in [0.717, 1.165) is 17.4 Å². The second kappa shape index (κ2) is 5.11. The van der Waals surface area contributed by atoms with Crippen LogP contribution in [0.4, 0.5) is 18.3 Å². The molecule has 0 spiro atoms. The fourth-order valence-electron chi connectivity index (χ4n) is 1.30. The van der Waals surface area contributed by atoms with Crippen LogP contribution in [0.1, 0.15) is 6.42 Å². The second-order valence-corrected chi connectivity index (χ2v) is 4.75. The van der Waals surface area contributed by atoms with Crippen LogP contribution in [-0.2, 0) is 4.79 Å². The topological polar surface area (TPSA) is 42.0 Å². The summed E-state index contributed by atoms with van der Waals surface area (Å²) in [4.78, 5) is 14.9. The molecular formula is C10H6ClF3N2OS. The molecule has 0 unspecified atom stereocenters. The molecule has 1 N–H and O–H groups in total. The van der Waals surface area contributed by atoms with Gasteiger partial charge >= 0.3 is 0 Å². The normalized spacial score (nSPS) is 10.9. The van der Waals surface area contributed by atoms with E-state index in [1.54, 1.807) is 0 Å². The zero-order chi connectivity index (χ0) is 13.3. The molecule has 3 nitrogen and oxygen atoms in total. The zero-order valence-electron chi connectivity index (χ0n) is 8.77. The lowest BCUT2D eigenvalue weighted by Crippen LogP contribution is -2.11. The van der Waals surface area contributed by atoms with Gasteiger partial charge < -0.3 is 5.32 Å². The lowest BCUT2D eigenvalue weighted by Gasteiger charge is -1.96. The Bertz CT molecular complexity index is 617. The third-order valence-electron chi connectivity index (χ3n) is 2.09. The van der Waals surface area contributed by atoms with Crippen LogP contribution in [0.15, 0.2) is 6.07 Å². The lowest BCUT2D eigenvalue weighted by atomic mass is 10.3. The van der Waals surface area contributed by atoms with E-state index in [2.05, 4.69) is 10.3 Å². The molecular weight excluding hydrogens is 289 g/mol. The summed E-state index contributed by atoms with van der Waals surface area (Å²) in [6.45, 7) is 0. The summed E-state index contributed by atoms with van der Waals surface area (Å²) in [5.74, 6) is -4.49. The third-order valence-corrected chi connectivity index (χ3v) is 3.20. The minimum absolute atomic E-state index is 0.0721. The Morgan fingerprint density at radius 3 is 2.78 bits per heavy atom. The zero-order valence-corrected chi connectivity index (χ0v) is 10.3. The Hall–Kier alpha value is -1.34. The number of alkyl halides is 1. The SMILES string of the molecule is O=C(CCCl)Nc1nc2c(F)c(F)c(F)cc2s1. The molecule has 0 radical (unpaired) electrons. The highest BCUT2D eigenvalue weighted by molar-refractivity contribution is 7.22. The molecule has 0 saturated carbocycles. The highest BCUT2D eigenvalue weighted by Gasteiger charge is 2.18. The van der Waals surface area contributed by atoms with Crippen molar-refractivity contribution in [3.63, 3.8) is 0 Å². The molecule has 0 aliphatic carbocycles. The molecule has 1 aromatic heterocycles. The van der Waals surface area contributed by atoms with Crippen molar-refractivity contribution in [1.82, 2.24) is 4.98 Å². The van der Waals surface area contributed by atoms with Gasteiger partial charge in [-0.25, -0.2) is 18.2 Å². The van der Waals surface area contributed by atoms with Crippen molar-refractivity contribution < 1.29 is 18.0 Å². The maximum Gasteiger partial charge on any atom is 0.227 e. The van der Waals surface area contributed by atoms with Crippen LogP contribution in [0, 0.1) is 17.5 Å². The van der Waals surface area contributed by atoms with E-state index in [4.69, 9.17) is 11.6 Å². The van der Waals surface area contributed by atoms with Gasteiger partial charge in [0.1, 0.15) is 5.52 Å². The van der Waals surface area contributed by atoms with E-state index < -0.39 is 23.4 Å². The summed E-state index contributed by atoms with van der Waals surface area (Å²) in [7, 11) is 0. The number of nitrogens with one attached hydrogen (secondary N) is 1. The van der Waals surface area contributed by atoms with E-state index in [1.165, 1.54) is 0 Å². The maximum atomic E-state index is 13.4. The third kappa shape index (κ3) is 2.41. The fraction of sp³-hybridized carbons (Fsp3) is 0.200. The van der Waals surface area contributed by atoms with E-state index >= 15 is 0 Å². The van der Waals surface area contributed by atoms with Crippen LogP contribution < -0.4 is 5.32 Å². The smallest absolute Gasteiger partial charge is 0.227 e. The van der Waals surface area contributed by atoms with Crippen molar-refractivity contribution in [3.05, 3.63) is 23.5 Å². The van der Waals surface area contributed by atoms with Crippen LogP contribution in [0.2, 0.25) is 0 Å². The summed E-state index contributed by atoms with van der Waals surface area (Å²) in [5, 5.41) is 2.44. The second-order valence-electron chi connectivity index (χ2n) is 3.34. The maximum absolute atomic E-state index is 13.4. The van der Waals surface area contributed by atoms with E-state index in [0.29, 0.717) is 0 Å². The summed E-state index contributed by atoms with van der Waals surface area (Å²) in [6.07, 6.45) is 0.0721. The summed E-state index contributed by atoms with van der Waals surface area (Å²) >= 11 is 6.23. The number of carbonyl (C=O) groups is 1. The summed E-state index contributed by atoms with van der Waals surface area (Å²) in [6, 6.07) is 0.836. The van der Waals surface area contributed by atoms with Gasteiger partial charge in [0.25, 0.3) is 0 Å². The average Bonchev–Trinajstić information content (AvgIpc) is 2.69. The van der Waals surface area contributed by atoms with Crippen molar-refractivity contribution in [2.75, 3.05) is 11.2 Å². The lowest BCUT2D eigenvalue weighted by molar-refractivity contribution is -0.115. The molecule has 0 fully saturated rings. The first-order chi connectivity index (χ1) is 8.52. The minimum Gasteiger partial charge on any atom is -0.302 e. The number of carbonyl (C=O) groups excluding carboxylic acids is 1. The molecule has 0 aliphatic heterocycles. The van der Waals surface area contributed by atoms with Gasteiger partial charge in [-0.1, -0.05) is 11.3 Å². The van der Waals surface area contributed by atoms with Gasteiger partial charge in [0.15, 0.2) is 22.6 Å². The first-order valence-electron chi connectivity index (χ1n) is 4.82. The number of rotatable bonds is 3. The van der Waals surface area contributed by atoms with Crippen LogP contribution in [0.25, 0.3) is 10.2 Å². The van der Waals surface area contributed by atoms with Gasteiger partial charge in [0, 0.05) is 12.3 Å². The Kier molecular flexibility index (Phi) is 3.72. The Morgan fingerprint density at radius 2 is 2.11 bits per heavy atom. The van der Waals surface area contributed by atoms with Crippen molar-refractivity contribution in [2.45, 2.75) is 6.42 Å². The number of thiazole rings is 1. The number of amides is 1. The number of aromatic nitrogens is 1. The van der Waals surface area contributed by atoms with Crippen molar-refractivity contribution in [1.29, 1.82) is 0 Å². The molecule has 1 aromatic carbocycles. The van der Waals surface area contributed by atoms with Crippen molar-refractivity contribution in [3.8, 4) is 0 Å². The van der Waals surface area contributed by atoms with Gasteiger partial charge in [0.2, 0.25) is 5.91 Å². The number of hydrogen-bond donors (Lipinski definition) is 1. The molecule has 0 aliphatic rings. The highest BCUT2D eigenvalue weighted by Crippen LogP contribution is 2.30. The van der Waals surface area contributed by atoms with E-state index in [9.17, 15) is 18.0 Å². The van der Waals surface area contributed by atoms with Gasteiger partial charge in [-0.3, -0.25) is 4.79 Å². The first-order valence-corrected chi connectivity index (χ1v) is 6.18. The first kappa shape index (κ1) is 13.1. The quantitative estimate of drug-likeness (QED) is 0.697.